The van der Waals surface area contributed by atoms with Crippen molar-refractivity contribution in [2.75, 3.05) is 37.4 Å². The smallest absolute Gasteiger partial charge is 0.239 e. The van der Waals surface area contributed by atoms with E-state index in [1.165, 1.54) is 14.0 Å². The van der Waals surface area contributed by atoms with Gasteiger partial charge in [-0.2, -0.15) is 0 Å². The van der Waals surface area contributed by atoms with Crippen LogP contribution < -0.4 is 20.2 Å². The molecule has 0 atom stereocenters. The quantitative estimate of drug-likeness (QED) is 0.0707. The predicted molar refractivity (Wildman–Crippen MR) is 203 cm³/mol. The molecule has 1 aromatic heterocycles. The van der Waals surface area contributed by atoms with Gasteiger partial charge >= 0.3 is 0 Å². The summed E-state index contributed by atoms with van der Waals surface area (Å²) >= 11 is 6.79. The molecule has 0 saturated carbocycles. The van der Waals surface area contributed by atoms with Gasteiger partial charge in [-0.15, -0.1) is 11.6 Å². The Balaban J connectivity index is 1.17. The predicted octanol–water partition coefficient (Wildman–Crippen LogP) is 6.41. The summed E-state index contributed by atoms with van der Waals surface area (Å²) in [4.78, 5) is 47.9. The Bertz CT molecular complexity index is 2040. The van der Waals surface area contributed by atoms with Crippen LogP contribution in [0.1, 0.15) is 77.7 Å². The number of hydrogen-bond donors (Lipinski definition) is 3. The molecule has 2 heterocycles. The van der Waals surface area contributed by atoms with Crippen molar-refractivity contribution < 1.29 is 29.1 Å². The SMILES string of the molecule is C#Cc1cc(C(C)(C)c2ccc(OCc3ccnc(NN(C)O)n3)cc2)cc(Cl)c1OC1CN(CC(=O)Nc2ccc(C(=O)C(C)C)c(C(C)=O)c2)C1. The van der Waals surface area contributed by atoms with Gasteiger partial charge in [0.25, 0.3) is 0 Å². The second-order valence-corrected chi connectivity index (χ2v) is 14.1. The van der Waals surface area contributed by atoms with Gasteiger partial charge in [0.15, 0.2) is 17.3 Å². The Kier molecular flexibility index (Phi) is 12.2. The molecule has 1 saturated heterocycles. The zero-order chi connectivity index (χ0) is 38.4. The molecule has 1 aliphatic heterocycles. The zero-order valence-electron chi connectivity index (χ0n) is 30.6. The molecular formula is C40H43ClN6O6. The molecule has 0 unspecified atom stereocenters. The highest BCUT2D eigenvalue weighted by atomic mass is 35.5. The van der Waals surface area contributed by atoms with Crippen LogP contribution in [0.15, 0.2) is 66.9 Å². The molecule has 13 heteroatoms. The molecule has 1 fully saturated rings. The first kappa shape index (κ1) is 38.9. The van der Waals surface area contributed by atoms with E-state index in [1.807, 2.05) is 41.3 Å². The molecule has 0 spiro atoms. The van der Waals surface area contributed by atoms with Crippen molar-refractivity contribution in [3.05, 3.63) is 105 Å². The fraction of sp³-hybridized carbons (Fsp3) is 0.325. The van der Waals surface area contributed by atoms with E-state index < -0.39 is 5.41 Å². The van der Waals surface area contributed by atoms with E-state index in [0.29, 0.717) is 52.1 Å². The monoisotopic (exact) mass is 738 g/mol. The van der Waals surface area contributed by atoms with Crippen molar-refractivity contribution in [1.29, 1.82) is 0 Å². The number of nitrogens with one attached hydrogen (secondary N) is 2. The molecule has 1 amide bonds. The lowest BCUT2D eigenvalue weighted by atomic mass is 9.77. The third-order valence-electron chi connectivity index (χ3n) is 8.91. The third kappa shape index (κ3) is 9.57. The Morgan fingerprint density at radius 2 is 1.79 bits per heavy atom. The van der Waals surface area contributed by atoms with Crippen LogP contribution in [-0.2, 0) is 16.8 Å². The van der Waals surface area contributed by atoms with Crippen molar-refractivity contribution in [3.63, 3.8) is 0 Å². The second-order valence-electron chi connectivity index (χ2n) is 13.7. The Morgan fingerprint density at radius 1 is 1.08 bits per heavy atom. The number of ether oxygens (including phenoxy) is 2. The molecule has 276 valence electrons. The lowest BCUT2D eigenvalue weighted by Gasteiger charge is -2.39. The summed E-state index contributed by atoms with van der Waals surface area (Å²) < 4.78 is 12.2. The molecule has 3 N–H and O–H groups in total. The number of anilines is 2. The topological polar surface area (TPSA) is 146 Å². The first-order valence-corrected chi connectivity index (χ1v) is 17.5. The number of terminal acetylenes is 1. The summed E-state index contributed by atoms with van der Waals surface area (Å²) in [6, 6.07) is 18.0. The average Bonchev–Trinajstić information content (AvgIpc) is 3.09. The highest BCUT2D eigenvalue weighted by Crippen LogP contribution is 2.39. The molecule has 3 aromatic carbocycles. The number of aromatic nitrogens is 2. The first-order valence-electron chi connectivity index (χ1n) is 17.1. The van der Waals surface area contributed by atoms with Crippen LogP contribution in [0.5, 0.6) is 11.5 Å². The van der Waals surface area contributed by atoms with Crippen LogP contribution in [0.3, 0.4) is 0 Å². The number of carbonyl (C=O) groups excluding carboxylic acids is 3. The Hall–Kier alpha value is -5.32. The van der Waals surface area contributed by atoms with Gasteiger partial charge in [-0.1, -0.05) is 57.3 Å². The highest BCUT2D eigenvalue weighted by molar-refractivity contribution is 6.32. The molecule has 53 heavy (non-hydrogen) atoms. The van der Waals surface area contributed by atoms with Crippen LogP contribution in [-0.4, -0.2) is 75.5 Å². The van der Waals surface area contributed by atoms with Crippen LogP contribution in [0.2, 0.25) is 5.02 Å². The lowest BCUT2D eigenvalue weighted by molar-refractivity contribution is -0.119. The normalized spacial score (nSPS) is 13.3. The third-order valence-corrected chi connectivity index (χ3v) is 9.19. The number of hydroxylamine groups is 1. The van der Waals surface area contributed by atoms with Crippen LogP contribution in [0.4, 0.5) is 11.6 Å². The summed E-state index contributed by atoms with van der Waals surface area (Å²) in [6.07, 6.45) is 7.30. The number of rotatable bonds is 15. The van der Waals surface area contributed by atoms with Crippen molar-refractivity contribution in [2.24, 2.45) is 5.92 Å². The van der Waals surface area contributed by atoms with E-state index in [1.54, 1.807) is 44.3 Å². The minimum absolute atomic E-state index is 0.121. The van der Waals surface area contributed by atoms with Crippen molar-refractivity contribution in [2.45, 2.75) is 52.7 Å². The van der Waals surface area contributed by atoms with Gasteiger partial charge in [-0.25, -0.2) is 9.97 Å². The number of benzene rings is 3. The first-order chi connectivity index (χ1) is 25.1. The average molecular weight is 739 g/mol. The number of ketones is 2. The van der Waals surface area contributed by atoms with Crippen molar-refractivity contribution >= 4 is 40.7 Å². The second kappa shape index (κ2) is 16.6. The zero-order valence-corrected chi connectivity index (χ0v) is 31.3. The van der Waals surface area contributed by atoms with E-state index >= 15 is 0 Å². The minimum Gasteiger partial charge on any atom is -0.487 e. The summed E-state index contributed by atoms with van der Waals surface area (Å²) in [5.41, 5.74) is 6.31. The molecular weight excluding hydrogens is 696 g/mol. The van der Waals surface area contributed by atoms with Gasteiger partial charge in [-0.05, 0) is 66.6 Å². The van der Waals surface area contributed by atoms with Crippen molar-refractivity contribution in [3.8, 4) is 23.8 Å². The van der Waals surface area contributed by atoms with Crippen LogP contribution in [0, 0.1) is 18.3 Å². The van der Waals surface area contributed by atoms with Gasteiger partial charge in [0, 0.05) is 54.5 Å². The molecule has 0 bridgehead atoms. The Labute approximate surface area is 314 Å². The van der Waals surface area contributed by atoms with E-state index in [9.17, 15) is 19.6 Å². The molecule has 5 rings (SSSR count). The fourth-order valence-electron chi connectivity index (χ4n) is 5.88. The number of likely N-dealkylation sites (tertiary alicyclic amines) is 1. The lowest BCUT2D eigenvalue weighted by Crippen LogP contribution is -2.55. The molecule has 1 aliphatic rings. The summed E-state index contributed by atoms with van der Waals surface area (Å²) in [5.74, 6) is 3.18. The number of carbonyl (C=O) groups is 3. The van der Waals surface area contributed by atoms with E-state index in [0.717, 1.165) is 16.3 Å². The van der Waals surface area contributed by atoms with Gasteiger partial charge in [0.2, 0.25) is 11.9 Å². The molecule has 0 aliphatic carbocycles. The number of nitrogens with zero attached hydrogens (tertiary/aromatic N) is 4. The molecule has 4 aromatic rings. The summed E-state index contributed by atoms with van der Waals surface area (Å²) in [6.45, 7) is 10.4. The summed E-state index contributed by atoms with van der Waals surface area (Å²) in [7, 11) is 1.42. The van der Waals surface area contributed by atoms with Gasteiger partial charge in [0.1, 0.15) is 18.5 Å². The van der Waals surface area contributed by atoms with Gasteiger partial charge in [-0.3, -0.25) is 29.9 Å². The van der Waals surface area contributed by atoms with Crippen molar-refractivity contribution in [1.82, 2.24) is 20.0 Å². The maximum Gasteiger partial charge on any atom is 0.239 e. The maximum atomic E-state index is 12.8. The van der Waals surface area contributed by atoms with E-state index in [4.69, 9.17) is 27.5 Å². The molecule has 0 radical (unpaired) electrons. The van der Waals surface area contributed by atoms with E-state index in [2.05, 4.69) is 40.5 Å². The Morgan fingerprint density at radius 3 is 2.43 bits per heavy atom. The summed E-state index contributed by atoms with van der Waals surface area (Å²) in [5, 5.41) is 13.3. The van der Waals surface area contributed by atoms with Crippen LogP contribution >= 0.6 is 11.6 Å². The largest absolute Gasteiger partial charge is 0.487 e. The standard InChI is InChI=1S/C40H43ClN6O6/c1-8-26-17-28(40(5,6)27-9-12-31(13-10-27)52-23-30-15-16-42-39(44-30)45-46(7)51)18-35(41)38(26)53-32-20-47(21-32)22-36(49)43-29-11-14-33(37(50)24(2)3)34(19-29)25(4)48/h1,9-19,24,32,51H,20-23H2,2-7H3,(H,43,49)(H,42,44,45). The highest BCUT2D eigenvalue weighted by Gasteiger charge is 2.32. The van der Waals surface area contributed by atoms with Gasteiger partial charge < -0.3 is 14.8 Å². The number of amides is 1. The molecule has 12 nitrogen and oxygen atoms in total. The fourth-order valence-corrected chi connectivity index (χ4v) is 6.15. The number of Topliss-reactive ketones (excluding diaryl/α,β-unsaturated/α-hetero) is 2. The minimum atomic E-state index is -0.466. The van der Waals surface area contributed by atoms with Gasteiger partial charge in [0.05, 0.1) is 22.8 Å². The maximum absolute atomic E-state index is 12.8. The van der Waals surface area contributed by atoms with Crippen LogP contribution in [0.25, 0.3) is 0 Å². The number of halogens is 1. The number of hydrazine groups is 1. The van der Waals surface area contributed by atoms with E-state index in [-0.39, 0.29) is 54.2 Å². The number of hydrogen-bond acceptors (Lipinski definition) is 11.